The topological polar surface area (TPSA) is 53.1 Å². The number of hydrogen-bond donors (Lipinski definition) is 1. The minimum absolute atomic E-state index is 0.108. The van der Waals surface area contributed by atoms with Crippen molar-refractivity contribution in [3.8, 4) is 5.88 Å². The summed E-state index contributed by atoms with van der Waals surface area (Å²) in [4.78, 5) is 0. The molecule has 4 nitrogen and oxygen atoms in total. The maximum atomic E-state index is 5.79. The van der Waals surface area contributed by atoms with Gasteiger partial charge in [0.1, 0.15) is 9.39 Å². The molecule has 0 saturated carbocycles. The van der Waals surface area contributed by atoms with Gasteiger partial charge in [-0.05, 0) is 43.4 Å². The standard InChI is InChI=1S/C8H14IN3O/c1-8(2,3)12-7(13-4)5(10)6(9)11-12/h10H2,1-4H3. The summed E-state index contributed by atoms with van der Waals surface area (Å²) in [5, 5.41) is 4.31. The van der Waals surface area contributed by atoms with Crippen molar-refractivity contribution in [1.29, 1.82) is 0 Å². The van der Waals surface area contributed by atoms with Gasteiger partial charge in [-0.2, -0.15) is 5.10 Å². The van der Waals surface area contributed by atoms with Crippen LogP contribution in [0.3, 0.4) is 0 Å². The molecule has 0 aliphatic rings. The molecule has 1 aromatic rings. The molecule has 74 valence electrons. The summed E-state index contributed by atoms with van der Waals surface area (Å²) in [5.74, 6) is 0.636. The van der Waals surface area contributed by atoms with Crippen LogP contribution in [0.25, 0.3) is 0 Å². The molecule has 0 aliphatic heterocycles. The van der Waals surface area contributed by atoms with Gasteiger partial charge in [-0.15, -0.1) is 0 Å². The van der Waals surface area contributed by atoms with Crippen LogP contribution in [-0.2, 0) is 5.54 Å². The highest BCUT2D eigenvalue weighted by Crippen LogP contribution is 2.31. The van der Waals surface area contributed by atoms with Crippen molar-refractivity contribution in [2.75, 3.05) is 12.8 Å². The van der Waals surface area contributed by atoms with Crippen LogP contribution in [0, 0.1) is 3.70 Å². The van der Waals surface area contributed by atoms with Crippen LogP contribution >= 0.6 is 22.6 Å². The number of nitrogens with two attached hydrogens (primary N) is 1. The molecule has 2 N–H and O–H groups in total. The minimum atomic E-state index is -0.108. The first kappa shape index (κ1) is 10.6. The Hall–Kier alpha value is -0.460. The van der Waals surface area contributed by atoms with E-state index in [4.69, 9.17) is 10.5 Å². The Bertz CT molecular complexity index is 314. The molecule has 0 unspecified atom stereocenters. The smallest absolute Gasteiger partial charge is 0.237 e. The number of methoxy groups -OCH3 is 1. The van der Waals surface area contributed by atoms with Gasteiger partial charge in [0, 0.05) is 0 Å². The number of halogens is 1. The number of hydrogen-bond acceptors (Lipinski definition) is 3. The normalized spacial score (nSPS) is 11.8. The van der Waals surface area contributed by atoms with Crippen LogP contribution in [0.15, 0.2) is 0 Å². The SMILES string of the molecule is COc1c(N)c(I)nn1C(C)(C)C. The fourth-order valence-electron chi connectivity index (χ4n) is 1.04. The molecule has 1 heterocycles. The van der Waals surface area contributed by atoms with E-state index in [1.54, 1.807) is 11.8 Å². The van der Waals surface area contributed by atoms with Gasteiger partial charge >= 0.3 is 0 Å². The Morgan fingerprint density at radius 1 is 1.46 bits per heavy atom. The summed E-state index contributed by atoms with van der Waals surface area (Å²) in [6.45, 7) is 6.16. The zero-order valence-electron chi connectivity index (χ0n) is 8.26. The van der Waals surface area contributed by atoms with E-state index in [9.17, 15) is 0 Å². The van der Waals surface area contributed by atoms with Gasteiger partial charge in [0.25, 0.3) is 0 Å². The molecule has 5 heteroatoms. The number of nitrogens with zero attached hydrogens (tertiary/aromatic N) is 2. The molecule has 0 atom stereocenters. The summed E-state index contributed by atoms with van der Waals surface area (Å²) in [7, 11) is 1.60. The monoisotopic (exact) mass is 295 g/mol. The van der Waals surface area contributed by atoms with Gasteiger partial charge in [-0.3, -0.25) is 0 Å². The Labute approximate surface area is 91.6 Å². The molecular formula is C8H14IN3O. The first-order chi connectivity index (χ1) is 5.88. The highest BCUT2D eigenvalue weighted by molar-refractivity contribution is 14.1. The number of nitrogen functional groups attached to an aromatic ring is 1. The van der Waals surface area contributed by atoms with E-state index >= 15 is 0 Å². The minimum Gasteiger partial charge on any atom is -0.480 e. The summed E-state index contributed by atoms with van der Waals surface area (Å²) in [6.07, 6.45) is 0. The van der Waals surface area contributed by atoms with Crippen molar-refractivity contribution in [2.24, 2.45) is 0 Å². The van der Waals surface area contributed by atoms with Crippen LogP contribution in [-0.4, -0.2) is 16.9 Å². The highest BCUT2D eigenvalue weighted by atomic mass is 127. The van der Waals surface area contributed by atoms with Crippen molar-refractivity contribution in [2.45, 2.75) is 26.3 Å². The molecule has 0 spiro atoms. The van der Waals surface area contributed by atoms with Gasteiger partial charge in [-0.1, -0.05) is 0 Å². The molecule has 0 aromatic carbocycles. The third-order valence-corrected chi connectivity index (χ3v) is 2.46. The third kappa shape index (κ3) is 1.90. The summed E-state index contributed by atoms with van der Waals surface area (Å²) < 4.78 is 7.77. The highest BCUT2D eigenvalue weighted by Gasteiger charge is 2.23. The van der Waals surface area contributed by atoms with E-state index in [-0.39, 0.29) is 5.54 Å². The number of anilines is 1. The quantitative estimate of drug-likeness (QED) is 0.804. The molecule has 1 rings (SSSR count). The van der Waals surface area contributed by atoms with Crippen LogP contribution in [0.5, 0.6) is 5.88 Å². The average molecular weight is 295 g/mol. The molecule has 1 aromatic heterocycles. The molecule has 0 bridgehead atoms. The number of aromatic nitrogens is 2. The Morgan fingerprint density at radius 3 is 2.31 bits per heavy atom. The molecule has 0 aliphatic carbocycles. The number of ether oxygens (including phenoxy) is 1. The van der Waals surface area contributed by atoms with Gasteiger partial charge < -0.3 is 10.5 Å². The largest absolute Gasteiger partial charge is 0.480 e. The number of rotatable bonds is 1. The Balaban J connectivity index is 3.30. The van der Waals surface area contributed by atoms with Gasteiger partial charge in [0.15, 0.2) is 0 Å². The second-order valence-electron chi connectivity index (χ2n) is 3.80. The van der Waals surface area contributed by atoms with Gasteiger partial charge in [0.05, 0.1) is 12.6 Å². The van der Waals surface area contributed by atoms with Crippen LogP contribution in [0.4, 0.5) is 5.69 Å². The van der Waals surface area contributed by atoms with Crippen LogP contribution in [0.1, 0.15) is 20.8 Å². The van der Waals surface area contributed by atoms with Gasteiger partial charge in [-0.25, -0.2) is 4.68 Å². The predicted molar refractivity (Wildman–Crippen MR) is 60.9 cm³/mol. The maximum Gasteiger partial charge on any atom is 0.237 e. The lowest BCUT2D eigenvalue weighted by atomic mass is 10.1. The molecule has 0 amide bonds. The third-order valence-electron chi connectivity index (χ3n) is 1.66. The fraction of sp³-hybridized carbons (Fsp3) is 0.625. The second kappa shape index (κ2) is 3.36. The molecular weight excluding hydrogens is 281 g/mol. The van der Waals surface area contributed by atoms with E-state index in [0.717, 1.165) is 3.70 Å². The predicted octanol–water partition coefficient (Wildman–Crippen LogP) is 1.83. The molecule has 0 radical (unpaired) electrons. The molecule has 0 fully saturated rings. The van der Waals surface area contributed by atoms with Crippen LogP contribution in [0.2, 0.25) is 0 Å². The van der Waals surface area contributed by atoms with Crippen molar-refractivity contribution in [3.63, 3.8) is 0 Å². The summed E-state index contributed by atoms with van der Waals surface area (Å²) in [5.41, 5.74) is 6.30. The van der Waals surface area contributed by atoms with E-state index < -0.39 is 0 Å². The molecule has 13 heavy (non-hydrogen) atoms. The van der Waals surface area contributed by atoms with E-state index in [0.29, 0.717) is 11.6 Å². The average Bonchev–Trinajstić information content (AvgIpc) is 2.28. The molecule has 0 saturated heterocycles. The first-order valence-corrected chi connectivity index (χ1v) is 5.04. The van der Waals surface area contributed by atoms with E-state index in [1.165, 1.54) is 0 Å². The lowest BCUT2D eigenvalue weighted by Crippen LogP contribution is -2.23. The first-order valence-electron chi connectivity index (χ1n) is 3.96. The van der Waals surface area contributed by atoms with Crippen LogP contribution < -0.4 is 10.5 Å². The van der Waals surface area contributed by atoms with Crippen molar-refractivity contribution < 1.29 is 4.74 Å². The second-order valence-corrected chi connectivity index (χ2v) is 4.82. The maximum absolute atomic E-state index is 5.79. The van der Waals surface area contributed by atoms with Crippen molar-refractivity contribution in [1.82, 2.24) is 9.78 Å². The Morgan fingerprint density at radius 2 is 2.00 bits per heavy atom. The van der Waals surface area contributed by atoms with Crippen molar-refractivity contribution >= 4 is 28.3 Å². The van der Waals surface area contributed by atoms with E-state index in [2.05, 4.69) is 48.5 Å². The summed E-state index contributed by atoms with van der Waals surface area (Å²) >= 11 is 2.10. The van der Waals surface area contributed by atoms with E-state index in [1.807, 2.05) is 0 Å². The van der Waals surface area contributed by atoms with Gasteiger partial charge in [0.2, 0.25) is 5.88 Å². The zero-order valence-corrected chi connectivity index (χ0v) is 10.4. The Kier molecular flexibility index (Phi) is 2.74. The zero-order chi connectivity index (χ0) is 10.2. The summed E-state index contributed by atoms with van der Waals surface area (Å²) in [6, 6.07) is 0. The lowest BCUT2D eigenvalue weighted by Gasteiger charge is -2.21. The lowest BCUT2D eigenvalue weighted by molar-refractivity contribution is 0.283. The fourth-order valence-corrected chi connectivity index (χ4v) is 1.49. The van der Waals surface area contributed by atoms with Crippen molar-refractivity contribution in [3.05, 3.63) is 3.70 Å².